The average Bonchev–Trinajstić information content (AvgIpc) is 2.96. The van der Waals surface area contributed by atoms with Gasteiger partial charge in [-0.3, -0.25) is 4.79 Å². The number of piperazine rings is 1. The Morgan fingerprint density at radius 1 is 1.14 bits per heavy atom. The van der Waals surface area contributed by atoms with Gasteiger partial charge in [-0.1, -0.05) is 24.2 Å². The maximum atomic E-state index is 15.8. The molecular weight excluding hydrogens is 602 g/mol. The molecule has 0 unspecified atom stereocenters. The van der Waals surface area contributed by atoms with Crippen molar-refractivity contribution < 1.29 is 22.0 Å². The molecule has 1 atom stereocenters. The fourth-order valence-electron chi connectivity index (χ4n) is 5.04. The first-order chi connectivity index (χ1) is 20.4. The Bertz CT molecular complexity index is 1930. The summed E-state index contributed by atoms with van der Waals surface area (Å²) in [5.74, 6) is -1.97. The van der Waals surface area contributed by atoms with Gasteiger partial charge in [0.05, 0.1) is 26.9 Å². The third kappa shape index (κ3) is 5.27. The molecular formula is C29H27ClF2N6O4S. The number of hydrogen-bond donors (Lipinski definition) is 0. The predicted octanol–water partition coefficient (Wildman–Crippen LogP) is 4.18. The summed E-state index contributed by atoms with van der Waals surface area (Å²) in [6.45, 7) is 9.08. The lowest BCUT2D eigenvalue weighted by molar-refractivity contribution is -0.126. The number of carbonyl (C=O) groups is 1. The second kappa shape index (κ2) is 11.5. The molecule has 1 amide bonds. The van der Waals surface area contributed by atoms with Gasteiger partial charge in [-0.05, 0) is 57.2 Å². The van der Waals surface area contributed by atoms with Crippen molar-refractivity contribution in [3.8, 4) is 16.9 Å². The van der Waals surface area contributed by atoms with E-state index >= 15 is 4.39 Å². The molecule has 1 saturated heterocycles. The van der Waals surface area contributed by atoms with Crippen LogP contribution in [0.2, 0.25) is 5.02 Å². The van der Waals surface area contributed by atoms with Gasteiger partial charge in [0, 0.05) is 31.9 Å². The summed E-state index contributed by atoms with van der Waals surface area (Å²) >= 11 is 6.25. The number of aromatic nitrogens is 4. The van der Waals surface area contributed by atoms with Crippen LogP contribution in [0.4, 0.5) is 14.6 Å². The van der Waals surface area contributed by atoms with Gasteiger partial charge in [-0.25, -0.2) is 36.5 Å². The highest BCUT2D eigenvalue weighted by atomic mass is 35.5. The summed E-state index contributed by atoms with van der Waals surface area (Å²) in [5.41, 5.74) is -2.06. The van der Waals surface area contributed by atoms with Crippen LogP contribution in [-0.4, -0.2) is 69.7 Å². The first kappa shape index (κ1) is 30.2. The second-order valence-corrected chi connectivity index (χ2v) is 13.1. The number of hydrogen-bond acceptors (Lipinski definition) is 8. The van der Waals surface area contributed by atoms with Crippen LogP contribution in [0.1, 0.15) is 20.8 Å². The Morgan fingerprint density at radius 3 is 2.53 bits per heavy atom. The zero-order chi connectivity index (χ0) is 31.2. The topological polar surface area (TPSA) is 118 Å². The molecule has 3 aromatic heterocycles. The summed E-state index contributed by atoms with van der Waals surface area (Å²) in [4.78, 5) is 42.1. The lowest BCUT2D eigenvalue weighted by Gasteiger charge is -2.40. The van der Waals surface area contributed by atoms with Crippen molar-refractivity contribution in [1.82, 2.24) is 24.4 Å². The van der Waals surface area contributed by atoms with Crippen LogP contribution >= 0.6 is 11.6 Å². The zero-order valence-electron chi connectivity index (χ0n) is 23.5. The molecule has 0 spiro atoms. The van der Waals surface area contributed by atoms with Crippen molar-refractivity contribution in [2.75, 3.05) is 24.5 Å². The predicted molar refractivity (Wildman–Crippen MR) is 159 cm³/mol. The normalized spacial score (nSPS) is 15.7. The zero-order valence-corrected chi connectivity index (χ0v) is 25.0. The van der Waals surface area contributed by atoms with Crippen LogP contribution < -0.4 is 10.6 Å². The quantitative estimate of drug-likeness (QED) is 0.292. The number of pyridine rings is 2. The van der Waals surface area contributed by atoms with Crippen LogP contribution in [0.5, 0.6) is 0 Å². The maximum absolute atomic E-state index is 15.8. The average molecular weight is 629 g/mol. The molecule has 43 heavy (non-hydrogen) atoms. The molecule has 1 aromatic carbocycles. The van der Waals surface area contributed by atoms with Crippen molar-refractivity contribution in [3.05, 3.63) is 82.4 Å². The van der Waals surface area contributed by atoms with Crippen LogP contribution in [-0.2, 0) is 14.6 Å². The second-order valence-electron chi connectivity index (χ2n) is 10.3. The van der Waals surface area contributed by atoms with Crippen LogP contribution in [0, 0.1) is 11.6 Å². The molecule has 0 aliphatic carbocycles. The SMILES string of the molecule is C=CC(=O)N1CCN(c2nc(=O)n(-c3cccnc3S(=O)(=O)C(C)C)c3nc(-c4c(F)cccc4Cl)c(F)cc23)[C@@H](C)C1. The smallest absolute Gasteiger partial charge is 0.350 e. The third-order valence-electron chi connectivity index (χ3n) is 7.27. The number of benzene rings is 1. The number of nitrogens with zero attached hydrogens (tertiary/aromatic N) is 6. The van der Waals surface area contributed by atoms with Gasteiger partial charge in [0.2, 0.25) is 5.91 Å². The summed E-state index contributed by atoms with van der Waals surface area (Å²) < 4.78 is 58.3. The Hall–Kier alpha value is -4.23. The number of amides is 1. The summed E-state index contributed by atoms with van der Waals surface area (Å²) in [6.07, 6.45) is 2.49. The summed E-state index contributed by atoms with van der Waals surface area (Å²) in [7, 11) is -4.02. The highest BCUT2D eigenvalue weighted by molar-refractivity contribution is 7.92. The Morgan fingerprint density at radius 2 is 1.88 bits per heavy atom. The molecule has 224 valence electrons. The van der Waals surface area contributed by atoms with Gasteiger partial charge in [0.25, 0.3) is 0 Å². The molecule has 0 N–H and O–H groups in total. The van der Waals surface area contributed by atoms with Crippen LogP contribution in [0.15, 0.2) is 65.1 Å². The number of carbonyl (C=O) groups excluding carboxylic acids is 1. The molecule has 0 bridgehead atoms. The Kier molecular flexibility index (Phi) is 8.05. The van der Waals surface area contributed by atoms with E-state index in [4.69, 9.17) is 11.6 Å². The molecule has 4 heterocycles. The van der Waals surface area contributed by atoms with E-state index in [1.165, 1.54) is 50.4 Å². The highest BCUT2D eigenvalue weighted by Gasteiger charge is 2.32. The highest BCUT2D eigenvalue weighted by Crippen LogP contribution is 2.36. The number of rotatable bonds is 6. The van der Waals surface area contributed by atoms with Crippen molar-refractivity contribution in [3.63, 3.8) is 0 Å². The molecule has 1 aliphatic rings. The van der Waals surface area contributed by atoms with Crippen LogP contribution in [0.25, 0.3) is 28.0 Å². The fourth-order valence-corrected chi connectivity index (χ4v) is 6.40. The van der Waals surface area contributed by atoms with Gasteiger partial charge in [-0.15, -0.1) is 0 Å². The fraction of sp³-hybridized carbons (Fsp3) is 0.276. The van der Waals surface area contributed by atoms with Crippen molar-refractivity contribution >= 4 is 44.2 Å². The van der Waals surface area contributed by atoms with Crippen molar-refractivity contribution in [2.24, 2.45) is 0 Å². The minimum Gasteiger partial charge on any atom is -0.350 e. The van der Waals surface area contributed by atoms with E-state index in [1.54, 1.807) is 9.80 Å². The Balaban J connectivity index is 1.84. The van der Waals surface area contributed by atoms with E-state index in [9.17, 15) is 22.4 Å². The van der Waals surface area contributed by atoms with Crippen LogP contribution in [0.3, 0.4) is 0 Å². The molecule has 5 rings (SSSR count). The van der Waals surface area contributed by atoms with Gasteiger partial charge in [-0.2, -0.15) is 4.98 Å². The van der Waals surface area contributed by atoms with Crippen molar-refractivity contribution in [2.45, 2.75) is 37.1 Å². The number of fused-ring (bicyclic) bond motifs is 1. The van der Waals surface area contributed by atoms with E-state index in [0.717, 1.165) is 16.7 Å². The summed E-state index contributed by atoms with van der Waals surface area (Å²) in [5, 5.41) is -1.34. The first-order valence-electron chi connectivity index (χ1n) is 13.3. The van der Waals surface area contributed by atoms with Gasteiger partial charge >= 0.3 is 5.69 Å². The van der Waals surface area contributed by atoms with E-state index in [0.29, 0.717) is 0 Å². The summed E-state index contributed by atoms with van der Waals surface area (Å²) in [6, 6.07) is 7.34. The minimum atomic E-state index is -4.02. The monoisotopic (exact) mass is 628 g/mol. The van der Waals surface area contributed by atoms with E-state index < -0.39 is 43.1 Å². The molecule has 14 heteroatoms. The molecule has 0 saturated carbocycles. The minimum absolute atomic E-state index is 0.0559. The number of sulfone groups is 1. The van der Waals surface area contributed by atoms with E-state index in [1.807, 2.05) is 6.92 Å². The molecule has 10 nitrogen and oxygen atoms in total. The maximum Gasteiger partial charge on any atom is 0.355 e. The van der Waals surface area contributed by atoms with Gasteiger partial charge in [0.1, 0.15) is 17.3 Å². The lowest BCUT2D eigenvalue weighted by atomic mass is 10.1. The standard InChI is InChI=1S/C29H27ClF2N6O4S/c1-5-23(39)36-12-13-37(17(4)15-36)26-18-14-21(32)25(24-19(30)8-6-9-20(24)31)34-27(18)38(29(40)35-26)22-10-7-11-33-28(22)43(41,42)16(2)3/h5-11,14,16-17H,1,12-13,15H2,2-4H3/t17-/m0/s1. The van der Waals surface area contributed by atoms with E-state index in [-0.39, 0.29) is 64.7 Å². The Labute approximate surface area is 251 Å². The molecule has 4 aromatic rings. The first-order valence-corrected chi connectivity index (χ1v) is 15.2. The van der Waals surface area contributed by atoms with Gasteiger partial charge < -0.3 is 9.80 Å². The van der Waals surface area contributed by atoms with E-state index in [2.05, 4.69) is 21.5 Å². The molecule has 1 fully saturated rings. The largest absolute Gasteiger partial charge is 0.355 e. The lowest BCUT2D eigenvalue weighted by Crippen LogP contribution is -2.54. The number of halogens is 3. The van der Waals surface area contributed by atoms with Crippen molar-refractivity contribution in [1.29, 1.82) is 0 Å². The van der Waals surface area contributed by atoms with Gasteiger partial charge in [0.15, 0.2) is 26.3 Å². The third-order valence-corrected chi connectivity index (χ3v) is 9.68. The number of anilines is 1. The molecule has 1 aliphatic heterocycles. The molecule has 0 radical (unpaired) electrons.